The van der Waals surface area contributed by atoms with E-state index in [1.807, 2.05) is 24.0 Å². The fourth-order valence-electron chi connectivity index (χ4n) is 2.32. The molecule has 0 bridgehead atoms. The average molecular weight is 306 g/mol. The van der Waals surface area contributed by atoms with Crippen molar-refractivity contribution in [1.29, 1.82) is 0 Å². The molecular weight excluding hydrogens is 282 g/mol. The molecule has 0 amide bonds. The van der Waals surface area contributed by atoms with Crippen LogP contribution in [0, 0.1) is 0 Å². The molecule has 2 aromatic rings. The van der Waals surface area contributed by atoms with Gasteiger partial charge in [0.15, 0.2) is 0 Å². The molecule has 2 rings (SSSR count). The molecular formula is C17H23NS2. The number of fused-ring (bicyclic) bond motifs is 1. The summed E-state index contributed by atoms with van der Waals surface area (Å²) in [6, 6.07) is 8.38. The number of benzene rings is 1. The second-order valence-corrected chi connectivity index (χ2v) is 6.72. The van der Waals surface area contributed by atoms with Crippen LogP contribution >= 0.6 is 24.4 Å². The van der Waals surface area contributed by atoms with Crippen molar-refractivity contribution in [3.8, 4) is 0 Å². The minimum atomic E-state index is 0.963. The van der Waals surface area contributed by atoms with Crippen molar-refractivity contribution in [3.05, 3.63) is 30.5 Å². The molecule has 108 valence electrons. The van der Waals surface area contributed by atoms with Crippen molar-refractivity contribution < 1.29 is 0 Å². The maximum absolute atomic E-state index is 4.48. The Balaban J connectivity index is 1.86. The summed E-state index contributed by atoms with van der Waals surface area (Å²) in [5, 5.41) is 1.23. The van der Waals surface area contributed by atoms with E-state index in [1.54, 1.807) is 0 Å². The summed E-state index contributed by atoms with van der Waals surface area (Å²) < 4.78 is 0. The second kappa shape index (κ2) is 8.58. The van der Waals surface area contributed by atoms with Gasteiger partial charge in [0.2, 0.25) is 0 Å². The van der Waals surface area contributed by atoms with E-state index in [0.29, 0.717) is 0 Å². The van der Waals surface area contributed by atoms with Crippen LogP contribution in [0.4, 0.5) is 0 Å². The van der Waals surface area contributed by atoms with Gasteiger partial charge < -0.3 is 0 Å². The van der Waals surface area contributed by atoms with Crippen LogP contribution in [-0.4, -0.2) is 10.7 Å². The van der Waals surface area contributed by atoms with Gasteiger partial charge in [-0.15, -0.1) is 24.4 Å². The van der Waals surface area contributed by atoms with E-state index in [0.717, 1.165) is 10.4 Å². The van der Waals surface area contributed by atoms with Crippen LogP contribution in [-0.2, 0) is 0 Å². The third-order valence-electron chi connectivity index (χ3n) is 3.46. The third-order valence-corrected chi connectivity index (χ3v) is 4.98. The molecule has 0 saturated heterocycles. The third kappa shape index (κ3) is 4.42. The van der Waals surface area contributed by atoms with Crippen LogP contribution in [0.2, 0.25) is 0 Å². The number of nitrogens with zero attached hydrogens (tertiary/aromatic N) is 1. The van der Waals surface area contributed by atoms with Crippen LogP contribution in [0.25, 0.3) is 10.9 Å². The zero-order valence-electron chi connectivity index (χ0n) is 12.1. The molecule has 0 aliphatic heterocycles. The smallest absolute Gasteiger partial charge is 0.0846 e. The monoisotopic (exact) mass is 305 g/mol. The Kier molecular flexibility index (Phi) is 6.74. The molecule has 0 N–H and O–H groups in total. The van der Waals surface area contributed by atoms with E-state index in [-0.39, 0.29) is 0 Å². The lowest BCUT2D eigenvalue weighted by atomic mass is 10.1. The van der Waals surface area contributed by atoms with E-state index < -0.39 is 0 Å². The molecule has 1 aromatic carbocycles. The summed E-state index contributed by atoms with van der Waals surface area (Å²) >= 11 is 6.43. The number of hydrogen-bond donors (Lipinski definition) is 1. The zero-order valence-corrected chi connectivity index (χ0v) is 13.9. The van der Waals surface area contributed by atoms with Gasteiger partial charge in [-0.25, -0.2) is 0 Å². The Bertz CT molecular complexity index is 540. The van der Waals surface area contributed by atoms with Gasteiger partial charge in [-0.2, -0.15) is 0 Å². The first-order chi connectivity index (χ1) is 9.83. The van der Waals surface area contributed by atoms with Crippen LogP contribution in [0.3, 0.4) is 0 Å². The number of hydrogen-bond acceptors (Lipinski definition) is 3. The Labute approximate surface area is 132 Å². The molecule has 1 aromatic heterocycles. The van der Waals surface area contributed by atoms with E-state index >= 15 is 0 Å². The standard InChI is InChI=1S/C17H23NS2/c1-2-3-4-5-6-7-13-20-16-11-10-15(19)17-14(16)9-8-12-18-17/h8-12,19H,2-7,13H2,1H3. The summed E-state index contributed by atoms with van der Waals surface area (Å²) in [5.41, 5.74) is 1.02. The first-order valence-electron chi connectivity index (χ1n) is 7.52. The Hall–Kier alpha value is -0.670. The number of pyridine rings is 1. The second-order valence-electron chi connectivity index (χ2n) is 5.10. The quantitative estimate of drug-likeness (QED) is 0.366. The fraction of sp³-hybridized carbons (Fsp3) is 0.471. The lowest BCUT2D eigenvalue weighted by Crippen LogP contribution is -1.86. The molecule has 1 heterocycles. The lowest BCUT2D eigenvalue weighted by Gasteiger charge is -2.07. The average Bonchev–Trinajstić information content (AvgIpc) is 2.49. The van der Waals surface area contributed by atoms with Gasteiger partial charge >= 0.3 is 0 Å². The molecule has 20 heavy (non-hydrogen) atoms. The maximum Gasteiger partial charge on any atom is 0.0846 e. The molecule has 0 saturated carbocycles. The molecule has 0 atom stereocenters. The normalized spacial score (nSPS) is 11.1. The van der Waals surface area contributed by atoms with Crippen molar-refractivity contribution >= 4 is 35.3 Å². The van der Waals surface area contributed by atoms with Crippen LogP contribution in [0.5, 0.6) is 0 Å². The molecule has 0 fully saturated rings. The number of thiol groups is 1. The van der Waals surface area contributed by atoms with Crippen LogP contribution < -0.4 is 0 Å². The van der Waals surface area contributed by atoms with Crippen molar-refractivity contribution in [2.75, 3.05) is 5.75 Å². The minimum Gasteiger partial charge on any atom is -0.255 e. The van der Waals surface area contributed by atoms with E-state index in [4.69, 9.17) is 0 Å². The van der Waals surface area contributed by atoms with Gasteiger partial charge in [-0.1, -0.05) is 45.1 Å². The number of rotatable bonds is 8. The van der Waals surface area contributed by atoms with E-state index in [2.05, 4.69) is 42.7 Å². The van der Waals surface area contributed by atoms with Gasteiger partial charge in [0.05, 0.1) is 5.52 Å². The highest BCUT2D eigenvalue weighted by atomic mass is 32.2. The summed E-state index contributed by atoms with van der Waals surface area (Å²) in [4.78, 5) is 6.73. The van der Waals surface area contributed by atoms with E-state index in [1.165, 1.54) is 54.6 Å². The topological polar surface area (TPSA) is 12.9 Å². The lowest BCUT2D eigenvalue weighted by molar-refractivity contribution is 0.627. The van der Waals surface area contributed by atoms with Crippen molar-refractivity contribution in [2.45, 2.75) is 55.2 Å². The van der Waals surface area contributed by atoms with Crippen molar-refractivity contribution in [3.63, 3.8) is 0 Å². The van der Waals surface area contributed by atoms with Crippen molar-refractivity contribution in [2.24, 2.45) is 0 Å². The molecule has 0 spiro atoms. The SMILES string of the molecule is CCCCCCCCSc1ccc(S)c2ncccc12. The predicted octanol–water partition coefficient (Wildman–Crippen LogP) is 5.98. The molecule has 0 aliphatic carbocycles. The van der Waals surface area contributed by atoms with Gasteiger partial charge in [0.25, 0.3) is 0 Å². The first-order valence-corrected chi connectivity index (χ1v) is 8.95. The number of thioether (sulfide) groups is 1. The fourth-order valence-corrected chi connectivity index (χ4v) is 3.63. The highest BCUT2D eigenvalue weighted by Gasteiger charge is 2.05. The number of unbranched alkanes of at least 4 members (excludes halogenated alkanes) is 5. The van der Waals surface area contributed by atoms with Gasteiger partial charge in [-0.05, 0) is 30.4 Å². The Morgan fingerprint density at radius 1 is 1.05 bits per heavy atom. The van der Waals surface area contributed by atoms with E-state index in [9.17, 15) is 0 Å². The Morgan fingerprint density at radius 2 is 1.85 bits per heavy atom. The Morgan fingerprint density at radius 3 is 2.70 bits per heavy atom. The summed E-state index contributed by atoms with van der Waals surface area (Å²) in [6.07, 6.45) is 9.97. The molecule has 1 nitrogen and oxygen atoms in total. The molecule has 0 aliphatic rings. The van der Waals surface area contributed by atoms with Gasteiger partial charge in [0.1, 0.15) is 0 Å². The molecule has 0 radical (unpaired) electrons. The summed E-state index contributed by atoms with van der Waals surface area (Å²) in [5.74, 6) is 1.20. The number of aromatic nitrogens is 1. The molecule has 3 heteroatoms. The minimum absolute atomic E-state index is 0.963. The molecule has 0 unspecified atom stereocenters. The summed E-state index contributed by atoms with van der Waals surface area (Å²) in [7, 11) is 0. The summed E-state index contributed by atoms with van der Waals surface area (Å²) in [6.45, 7) is 2.26. The van der Waals surface area contributed by atoms with Crippen LogP contribution in [0.1, 0.15) is 45.4 Å². The van der Waals surface area contributed by atoms with Gasteiger partial charge in [0, 0.05) is 21.4 Å². The largest absolute Gasteiger partial charge is 0.255 e. The maximum atomic E-state index is 4.48. The first kappa shape index (κ1) is 15.7. The van der Waals surface area contributed by atoms with Gasteiger partial charge in [-0.3, -0.25) is 4.98 Å². The highest BCUT2D eigenvalue weighted by Crippen LogP contribution is 2.31. The van der Waals surface area contributed by atoms with Crippen LogP contribution in [0.15, 0.2) is 40.3 Å². The van der Waals surface area contributed by atoms with Crippen molar-refractivity contribution in [1.82, 2.24) is 4.98 Å². The predicted molar refractivity (Wildman–Crippen MR) is 93.1 cm³/mol. The highest BCUT2D eigenvalue weighted by molar-refractivity contribution is 7.99. The zero-order chi connectivity index (χ0) is 14.2.